The summed E-state index contributed by atoms with van der Waals surface area (Å²) in [7, 11) is 0. The summed E-state index contributed by atoms with van der Waals surface area (Å²) in [5, 5.41) is 2.79. The molecule has 0 spiro atoms. The molecule has 0 saturated heterocycles. The van der Waals surface area contributed by atoms with Crippen molar-refractivity contribution < 1.29 is 9.18 Å². The second kappa shape index (κ2) is 3.81. The minimum absolute atomic E-state index is 0.0436. The molecule has 0 aromatic heterocycles. The highest BCUT2D eigenvalue weighted by atomic mass is 19.1. The molecule has 3 heteroatoms. The predicted octanol–water partition coefficient (Wildman–Crippen LogP) is 3.64. The van der Waals surface area contributed by atoms with E-state index in [1.807, 2.05) is 40.7 Å². The fraction of sp³-hybridized carbons (Fsp3) is 0.533. The average Bonchev–Trinajstić information content (AvgIpc) is 2.18. The van der Waals surface area contributed by atoms with Crippen molar-refractivity contribution in [2.45, 2.75) is 46.5 Å². The van der Waals surface area contributed by atoms with Gasteiger partial charge in [0.05, 0.1) is 0 Å². The van der Waals surface area contributed by atoms with E-state index in [0.717, 1.165) is 5.56 Å². The van der Waals surface area contributed by atoms with Gasteiger partial charge in [0.1, 0.15) is 5.82 Å². The third kappa shape index (κ3) is 2.14. The van der Waals surface area contributed by atoms with Gasteiger partial charge in [-0.25, -0.2) is 4.39 Å². The number of carbonyl (C=O) groups excluding carboxylic acids is 1. The fourth-order valence-corrected chi connectivity index (χ4v) is 2.30. The Morgan fingerprint density at radius 1 is 1.28 bits per heavy atom. The zero-order valence-electron chi connectivity index (χ0n) is 11.6. The zero-order valence-corrected chi connectivity index (χ0v) is 11.6. The van der Waals surface area contributed by atoms with E-state index in [4.69, 9.17) is 0 Å². The Morgan fingerprint density at radius 3 is 2.44 bits per heavy atom. The van der Waals surface area contributed by atoms with Crippen LogP contribution in [0, 0.1) is 11.2 Å². The molecule has 0 unspecified atom stereocenters. The molecule has 2 nitrogen and oxygen atoms in total. The largest absolute Gasteiger partial charge is 0.325 e. The van der Waals surface area contributed by atoms with Crippen molar-refractivity contribution in [3.63, 3.8) is 0 Å². The maximum absolute atomic E-state index is 14.0. The van der Waals surface area contributed by atoms with Crippen molar-refractivity contribution in [2.75, 3.05) is 5.32 Å². The first-order chi connectivity index (χ1) is 8.11. The molecule has 0 fully saturated rings. The summed E-state index contributed by atoms with van der Waals surface area (Å²) in [4.78, 5) is 11.8. The van der Waals surface area contributed by atoms with Crippen LogP contribution in [0.3, 0.4) is 0 Å². The van der Waals surface area contributed by atoms with Crippen molar-refractivity contribution in [1.82, 2.24) is 0 Å². The SMILES string of the molecule is CC1(C)Cc2cc(C(C)(C)C)c(F)cc2NC1=O. The molecule has 1 aromatic carbocycles. The van der Waals surface area contributed by atoms with Crippen LogP contribution in [0.4, 0.5) is 10.1 Å². The summed E-state index contributed by atoms with van der Waals surface area (Å²) in [5.41, 5.74) is 1.67. The van der Waals surface area contributed by atoms with E-state index < -0.39 is 5.41 Å². The van der Waals surface area contributed by atoms with Gasteiger partial charge in [-0.05, 0) is 29.0 Å². The summed E-state index contributed by atoms with van der Waals surface area (Å²) in [6.45, 7) is 9.79. The number of anilines is 1. The molecule has 1 aliphatic rings. The minimum atomic E-state index is -0.431. The number of fused-ring (bicyclic) bond motifs is 1. The topological polar surface area (TPSA) is 29.1 Å². The lowest BCUT2D eigenvalue weighted by Crippen LogP contribution is -2.37. The molecule has 1 amide bonds. The van der Waals surface area contributed by atoms with Crippen LogP contribution in [0.25, 0.3) is 0 Å². The van der Waals surface area contributed by atoms with Crippen molar-refractivity contribution in [3.05, 3.63) is 29.1 Å². The normalized spacial score (nSPS) is 18.2. The predicted molar refractivity (Wildman–Crippen MR) is 71.2 cm³/mol. The molecule has 1 aromatic rings. The summed E-state index contributed by atoms with van der Waals surface area (Å²) in [5.74, 6) is -0.292. The smallest absolute Gasteiger partial charge is 0.230 e. The van der Waals surface area contributed by atoms with Gasteiger partial charge in [0.2, 0.25) is 5.91 Å². The van der Waals surface area contributed by atoms with Gasteiger partial charge in [0.25, 0.3) is 0 Å². The molecule has 1 heterocycles. The first-order valence-electron chi connectivity index (χ1n) is 6.25. The van der Waals surface area contributed by atoms with Crippen LogP contribution in [0.1, 0.15) is 45.7 Å². The summed E-state index contributed by atoms with van der Waals surface area (Å²) in [6.07, 6.45) is 0.650. The highest BCUT2D eigenvalue weighted by Crippen LogP contribution is 2.37. The van der Waals surface area contributed by atoms with Gasteiger partial charge in [-0.15, -0.1) is 0 Å². The lowest BCUT2D eigenvalue weighted by Gasteiger charge is -2.32. The fourth-order valence-electron chi connectivity index (χ4n) is 2.30. The molecule has 98 valence electrons. The molecule has 0 atom stereocenters. The molecular formula is C15H20FNO. The lowest BCUT2D eigenvalue weighted by molar-refractivity contribution is -0.124. The Hall–Kier alpha value is -1.38. The molecule has 2 rings (SSSR count). The Bertz CT molecular complexity index is 512. The maximum atomic E-state index is 14.0. The molecule has 18 heavy (non-hydrogen) atoms. The Labute approximate surface area is 108 Å². The lowest BCUT2D eigenvalue weighted by atomic mass is 9.78. The highest BCUT2D eigenvalue weighted by molar-refractivity contribution is 5.98. The first kappa shape index (κ1) is 13.1. The van der Waals surface area contributed by atoms with Gasteiger partial charge in [-0.1, -0.05) is 40.7 Å². The Balaban J connectivity index is 2.54. The monoisotopic (exact) mass is 249 g/mol. The molecule has 0 bridgehead atoms. The van der Waals surface area contributed by atoms with Gasteiger partial charge in [-0.2, -0.15) is 0 Å². The van der Waals surface area contributed by atoms with Gasteiger partial charge in [0.15, 0.2) is 0 Å². The van der Waals surface area contributed by atoms with Gasteiger partial charge in [-0.3, -0.25) is 4.79 Å². The van der Waals surface area contributed by atoms with E-state index in [1.54, 1.807) is 0 Å². The molecular weight excluding hydrogens is 229 g/mol. The maximum Gasteiger partial charge on any atom is 0.230 e. The zero-order chi connectivity index (χ0) is 13.7. The quantitative estimate of drug-likeness (QED) is 0.747. The first-order valence-corrected chi connectivity index (χ1v) is 6.25. The molecule has 0 saturated carbocycles. The molecule has 0 aliphatic carbocycles. The number of hydrogen-bond acceptors (Lipinski definition) is 1. The summed E-state index contributed by atoms with van der Waals surface area (Å²) >= 11 is 0. The van der Waals surface area contributed by atoms with Crippen LogP contribution in [0.15, 0.2) is 12.1 Å². The van der Waals surface area contributed by atoms with E-state index >= 15 is 0 Å². The van der Waals surface area contributed by atoms with Crippen molar-refractivity contribution in [3.8, 4) is 0 Å². The van der Waals surface area contributed by atoms with Crippen LogP contribution in [0.2, 0.25) is 0 Å². The van der Waals surface area contributed by atoms with E-state index in [-0.39, 0.29) is 17.1 Å². The van der Waals surface area contributed by atoms with Crippen LogP contribution in [-0.2, 0) is 16.6 Å². The number of carbonyl (C=O) groups is 1. The van der Waals surface area contributed by atoms with Crippen LogP contribution in [-0.4, -0.2) is 5.91 Å². The second-order valence-corrected chi connectivity index (χ2v) is 6.75. The standard InChI is InChI=1S/C15H20FNO/c1-14(2,3)10-6-9-8-15(4,5)13(18)17-12(9)7-11(10)16/h6-7H,8H2,1-5H3,(H,17,18). The van der Waals surface area contributed by atoms with Crippen LogP contribution >= 0.6 is 0 Å². The number of halogens is 1. The highest BCUT2D eigenvalue weighted by Gasteiger charge is 2.34. The summed E-state index contributed by atoms with van der Waals surface area (Å²) < 4.78 is 14.0. The molecule has 0 radical (unpaired) electrons. The number of nitrogens with one attached hydrogen (secondary N) is 1. The van der Waals surface area contributed by atoms with Gasteiger partial charge < -0.3 is 5.32 Å². The van der Waals surface area contributed by atoms with Gasteiger partial charge in [0, 0.05) is 11.1 Å². The van der Waals surface area contributed by atoms with E-state index in [2.05, 4.69) is 5.32 Å². The number of amides is 1. The Morgan fingerprint density at radius 2 is 1.89 bits per heavy atom. The van der Waals surface area contributed by atoms with Crippen molar-refractivity contribution >= 4 is 11.6 Å². The van der Waals surface area contributed by atoms with E-state index in [9.17, 15) is 9.18 Å². The number of rotatable bonds is 0. The van der Waals surface area contributed by atoms with E-state index in [0.29, 0.717) is 17.7 Å². The summed E-state index contributed by atoms with van der Waals surface area (Å²) in [6, 6.07) is 3.34. The average molecular weight is 249 g/mol. The number of benzene rings is 1. The van der Waals surface area contributed by atoms with E-state index in [1.165, 1.54) is 6.07 Å². The Kier molecular flexibility index (Phi) is 2.76. The van der Waals surface area contributed by atoms with Crippen LogP contribution < -0.4 is 5.32 Å². The number of hydrogen-bond donors (Lipinski definition) is 1. The van der Waals surface area contributed by atoms with Crippen molar-refractivity contribution in [1.29, 1.82) is 0 Å². The second-order valence-electron chi connectivity index (χ2n) is 6.75. The third-order valence-corrected chi connectivity index (χ3v) is 3.50. The van der Waals surface area contributed by atoms with Crippen LogP contribution in [0.5, 0.6) is 0 Å². The van der Waals surface area contributed by atoms with Crippen molar-refractivity contribution in [2.24, 2.45) is 5.41 Å². The molecule has 1 N–H and O–H groups in total. The third-order valence-electron chi connectivity index (χ3n) is 3.50. The van der Waals surface area contributed by atoms with Gasteiger partial charge >= 0.3 is 0 Å². The molecule has 1 aliphatic heterocycles. The minimum Gasteiger partial charge on any atom is -0.325 e.